The van der Waals surface area contributed by atoms with Gasteiger partial charge in [0.1, 0.15) is 5.75 Å². The third-order valence-electron chi connectivity index (χ3n) is 2.94. The average molecular weight is 270 g/mol. The van der Waals surface area contributed by atoms with Crippen LogP contribution in [0.3, 0.4) is 0 Å². The molecule has 1 aromatic carbocycles. The fourth-order valence-corrected chi connectivity index (χ4v) is 2.56. The molecule has 0 spiro atoms. The molecule has 1 aliphatic heterocycles. The molecule has 0 aliphatic carbocycles. The van der Waals surface area contributed by atoms with Gasteiger partial charge in [0.25, 0.3) is 0 Å². The van der Waals surface area contributed by atoms with Crippen LogP contribution in [-0.2, 0) is 6.42 Å². The maximum absolute atomic E-state index is 9.55. The number of nitrogens with one attached hydrogen (secondary N) is 1. The summed E-state index contributed by atoms with van der Waals surface area (Å²) in [4.78, 5) is 0. The number of phenolic OH excluding ortho intramolecular Hbond substituents is 1. The smallest absolute Gasteiger partial charge is 0.116 e. The van der Waals surface area contributed by atoms with E-state index in [4.69, 9.17) is 0 Å². The van der Waals surface area contributed by atoms with Crippen molar-refractivity contribution in [2.45, 2.75) is 32.2 Å². The van der Waals surface area contributed by atoms with Crippen LogP contribution in [0.15, 0.2) is 16.6 Å². The van der Waals surface area contributed by atoms with Crippen molar-refractivity contribution >= 4 is 15.9 Å². The molecule has 1 aliphatic rings. The second-order valence-corrected chi connectivity index (χ2v) is 5.03. The van der Waals surface area contributed by atoms with Crippen molar-refractivity contribution in [2.75, 3.05) is 6.54 Å². The highest BCUT2D eigenvalue weighted by molar-refractivity contribution is 9.10. The van der Waals surface area contributed by atoms with Gasteiger partial charge in [-0.25, -0.2) is 0 Å². The summed E-state index contributed by atoms with van der Waals surface area (Å²) >= 11 is 3.58. The van der Waals surface area contributed by atoms with Gasteiger partial charge in [-0.2, -0.15) is 0 Å². The fourth-order valence-electron chi connectivity index (χ4n) is 2.17. The molecule has 0 radical (unpaired) electrons. The van der Waals surface area contributed by atoms with E-state index in [1.807, 2.05) is 13.0 Å². The molecule has 2 N–H and O–H groups in total. The minimum atomic E-state index is 0.365. The van der Waals surface area contributed by atoms with Gasteiger partial charge in [-0.3, -0.25) is 0 Å². The second kappa shape index (κ2) is 4.54. The molecule has 0 bridgehead atoms. The first-order chi connectivity index (χ1) is 7.16. The highest BCUT2D eigenvalue weighted by atomic mass is 79.9. The van der Waals surface area contributed by atoms with Crippen molar-refractivity contribution < 1.29 is 5.11 Å². The lowest BCUT2D eigenvalue weighted by atomic mass is 10.0. The first-order valence-electron chi connectivity index (χ1n) is 5.38. The molecule has 1 fully saturated rings. The molecule has 3 heteroatoms. The highest BCUT2D eigenvalue weighted by Gasteiger charge is 2.16. The lowest BCUT2D eigenvalue weighted by molar-refractivity contribution is 0.473. The van der Waals surface area contributed by atoms with Crippen LogP contribution in [-0.4, -0.2) is 17.7 Å². The predicted octanol–water partition coefficient (Wildman–Crippen LogP) is 2.76. The van der Waals surface area contributed by atoms with Crippen molar-refractivity contribution in [3.8, 4) is 5.75 Å². The Bertz CT molecular complexity index is 359. The summed E-state index contributed by atoms with van der Waals surface area (Å²) in [7, 11) is 0. The zero-order valence-electron chi connectivity index (χ0n) is 8.89. The maximum atomic E-state index is 9.55. The van der Waals surface area contributed by atoms with Gasteiger partial charge in [-0.15, -0.1) is 0 Å². The first kappa shape index (κ1) is 11.0. The predicted molar refractivity (Wildman–Crippen MR) is 65.3 cm³/mol. The van der Waals surface area contributed by atoms with Gasteiger partial charge in [-0.05, 0) is 56.0 Å². The summed E-state index contributed by atoms with van der Waals surface area (Å²) < 4.78 is 1.13. The van der Waals surface area contributed by atoms with Gasteiger partial charge in [0.05, 0.1) is 0 Å². The Labute approximate surface area is 98.8 Å². The van der Waals surface area contributed by atoms with Crippen molar-refractivity contribution in [1.82, 2.24) is 5.32 Å². The Balaban J connectivity index is 2.19. The Morgan fingerprint density at radius 1 is 1.53 bits per heavy atom. The van der Waals surface area contributed by atoms with E-state index in [0.717, 1.165) is 23.0 Å². The van der Waals surface area contributed by atoms with Gasteiger partial charge in [-0.1, -0.05) is 15.9 Å². The minimum absolute atomic E-state index is 0.365. The van der Waals surface area contributed by atoms with Crippen molar-refractivity contribution in [3.63, 3.8) is 0 Å². The number of aromatic hydroxyl groups is 1. The number of phenols is 1. The van der Waals surface area contributed by atoms with Crippen LogP contribution in [0.25, 0.3) is 0 Å². The van der Waals surface area contributed by atoms with Gasteiger partial charge in [0.2, 0.25) is 0 Å². The zero-order valence-corrected chi connectivity index (χ0v) is 10.5. The van der Waals surface area contributed by atoms with Crippen LogP contribution in [0.5, 0.6) is 5.75 Å². The SMILES string of the molecule is Cc1cc(O)cc(CC2CCCN2)c1Br. The van der Waals surface area contributed by atoms with Crippen LogP contribution in [0.2, 0.25) is 0 Å². The molecule has 15 heavy (non-hydrogen) atoms. The number of benzene rings is 1. The third kappa shape index (κ3) is 2.52. The summed E-state index contributed by atoms with van der Waals surface area (Å²) in [6.07, 6.45) is 3.50. The number of aryl methyl sites for hydroxylation is 1. The van der Waals surface area contributed by atoms with Crippen LogP contribution >= 0.6 is 15.9 Å². The van der Waals surface area contributed by atoms with E-state index in [1.54, 1.807) is 6.07 Å². The molecule has 0 aromatic heterocycles. The Hall–Kier alpha value is -0.540. The van der Waals surface area contributed by atoms with E-state index >= 15 is 0 Å². The monoisotopic (exact) mass is 269 g/mol. The summed E-state index contributed by atoms with van der Waals surface area (Å²) in [5.41, 5.74) is 2.30. The molecule has 2 rings (SSSR count). The van der Waals surface area contributed by atoms with E-state index in [9.17, 15) is 5.11 Å². The second-order valence-electron chi connectivity index (χ2n) is 4.23. The van der Waals surface area contributed by atoms with Crippen LogP contribution < -0.4 is 5.32 Å². The van der Waals surface area contributed by atoms with E-state index in [-0.39, 0.29) is 0 Å². The molecule has 1 heterocycles. The van der Waals surface area contributed by atoms with Gasteiger partial charge >= 0.3 is 0 Å². The summed E-state index contributed by atoms with van der Waals surface area (Å²) in [5, 5.41) is 13.0. The standard InChI is InChI=1S/C12H16BrNO/c1-8-5-11(15)7-9(12(8)13)6-10-3-2-4-14-10/h5,7,10,14-15H,2-4,6H2,1H3. The average Bonchev–Trinajstić information content (AvgIpc) is 2.66. The quantitative estimate of drug-likeness (QED) is 0.866. The van der Waals surface area contributed by atoms with Crippen LogP contribution in [0.4, 0.5) is 0 Å². The zero-order chi connectivity index (χ0) is 10.8. The molecule has 1 aromatic rings. The molecule has 0 amide bonds. The minimum Gasteiger partial charge on any atom is -0.508 e. The number of halogens is 1. The van der Waals surface area contributed by atoms with E-state index in [0.29, 0.717) is 11.8 Å². The molecule has 82 valence electrons. The fraction of sp³-hybridized carbons (Fsp3) is 0.500. The van der Waals surface area contributed by atoms with Crippen LogP contribution in [0.1, 0.15) is 24.0 Å². The topological polar surface area (TPSA) is 32.3 Å². The Kier molecular flexibility index (Phi) is 3.32. The van der Waals surface area contributed by atoms with E-state index < -0.39 is 0 Å². The van der Waals surface area contributed by atoms with Crippen molar-refractivity contribution in [1.29, 1.82) is 0 Å². The molecule has 0 saturated carbocycles. The normalized spacial score (nSPS) is 20.8. The molecular formula is C12H16BrNO. The molecule has 1 atom stereocenters. The van der Waals surface area contributed by atoms with E-state index in [2.05, 4.69) is 21.2 Å². The summed E-state index contributed by atoms with van der Waals surface area (Å²) in [5.74, 6) is 0.365. The maximum Gasteiger partial charge on any atom is 0.116 e. The van der Waals surface area contributed by atoms with Crippen molar-refractivity contribution in [3.05, 3.63) is 27.7 Å². The molecule has 1 saturated heterocycles. The Morgan fingerprint density at radius 2 is 2.33 bits per heavy atom. The Morgan fingerprint density at radius 3 is 3.00 bits per heavy atom. The van der Waals surface area contributed by atoms with Gasteiger partial charge in [0.15, 0.2) is 0 Å². The molecular weight excluding hydrogens is 254 g/mol. The number of rotatable bonds is 2. The lowest BCUT2D eigenvalue weighted by Gasteiger charge is -2.13. The van der Waals surface area contributed by atoms with Crippen molar-refractivity contribution in [2.24, 2.45) is 0 Å². The van der Waals surface area contributed by atoms with E-state index in [1.165, 1.54) is 18.4 Å². The molecule has 2 nitrogen and oxygen atoms in total. The summed E-state index contributed by atoms with van der Waals surface area (Å²) in [6.45, 7) is 3.13. The summed E-state index contributed by atoms with van der Waals surface area (Å²) in [6, 6.07) is 4.22. The largest absolute Gasteiger partial charge is 0.508 e. The first-order valence-corrected chi connectivity index (χ1v) is 6.17. The van der Waals surface area contributed by atoms with Crippen LogP contribution in [0, 0.1) is 6.92 Å². The lowest BCUT2D eigenvalue weighted by Crippen LogP contribution is -2.23. The van der Waals surface area contributed by atoms with Gasteiger partial charge < -0.3 is 10.4 Å². The number of hydrogen-bond acceptors (Lipinski definition) is 2. The third-order valence-corrected chi connectivity index (χ3v) is 4.08. The molecule has 1 unspecified atom stereocenters. The number of hydrogen-bond donors (Lipinski definition) is 2. The highest BCUT2D eigenvalue weighted by Crippen LogP contribution is 2.28. The van der Waals surface area contributed by atoms with Gasteiger partial charge in [0, 0.05) is 10.5 Å².